The summed E-state index contributed by atoms with van der Waals surface area (Å²) in [4.78, 5) is 10.5. The number of hydrogen-bond donors (Lipinski definition) is 2. The fourth-order valence-electron chi connectivity index (χ4n) is 1.05. The molecule has 1 aromatic rings. The average molecular weight is 197 g/mol. The number of carboxylic acids is 1. The van der Waals surface area contributed by atoms with Crippen LogP contribution < -0.4 is 5.32 Å². The normalized spacial score (nSPS) is 12.2. The molecule has 0 aliphatic heterocycles. The molecule has 2 N–H and O–H groups in total. The lowest BCUT2D eigenvalue weighted by molar-refractivity contribution is -0.137. The molecule has 0 aromatic heterocycles. The smallest absolute Gasteiger partial charge is 0.325 e. The number of nitrogens with one attached hydrogen (secondary N) is 1. The van der Waals surface area contributed by atoms with Gasteiger partial charge in [0.25, 0.3) is 0 Å². The summed E-state index contributed by atoms with van der Waals surface area (Å²) in [6, 6.07) is 3.72. The summed E-state index contributed by atoms with van der Waals surface area (Å²) >= 11 is 0. The Kier molecular flexibility index (Phi) is 3.06. The van der Waals surface area contributed by atoms with E-state index in [9.17, 15) is 9.18 Å². The van der Waals surface area contributed by atoms with Crippen LogP contribution in [-0.2, 0) is 4.79 Å². The summed E-state index contributed by atoms with van der Waals surface area (Å²) in [6.07, 6.45) is 0. The fourth-order valence-corrected chi connectivity index (χ4v) is 1.05. The van der Waals surface area contributed by atoms with Crippen molar-refractivity contribution in [2.45, 2.75) is 19.9 Å². The van der Waals surface area contributed by atoms with Crippen molar-refractivity contribution in [1.82, 2.24) is 0 Å². The van der Waals surface area contributed by atoms with Gasteiger partial charge in [0.2, 0.25) is 0 Å². The SMILES string of the molecule is Cc1cc(NC(C)C(=O)O)ccc1F. The van der Waals surface area contributed by atoms with Crippen molar-refractivity contribution >= 4 is 11.7 Å². The average Bonchev–Trinajstić information content (AvgIpc) is 2.11. The minimum atomic E-state index is -0.938. The van der Waals surface area contributed by atoms with Crippen molar-refractivity contribution in [2.24, 2.45) is 0 Å². The fraction of sp³-hybridized carbons (Fsp3) is 0.300. The van der Waals surface area contributed by atoms with E-state index in [0.29, 0.717) is 11.3 Å². The topological polar surface area (TPSA) is 49.3 Å². The number of aryl methyl sites for hydroxylation is 1. The van der Waals surface area contributed by atoms with Crippen molar-refractivity contribution in [1.29, 1.82) is 0 Å². The predicted octanol–water partition coefficient (Wildman–Crippen LogP) is 2.02. The van der Waals surface area contributed by atoms with Crippen molar-refractivity contribution in [3.05, 3.63) is 29.6 Å². The van der Waals surface area contributed by atoms with E-state index in [0.717, 1.165) is 0 Å². The predicted molar refractivity (Wildman–Crippen MR) is 51.9 cm³/mol. The Balaban J connectivity index is 2.78. The van der Waals surface area contributed by atoms with Gasteiger partial charge in [0, 0.05) is 5.69 Å². The molecule has 0 aliphatic carbocycles. The van der Waals surface area contributed by atoms with Gasteiger partial charge in [0.05, 0.1) is 0 Å². The van der Waals surface area contributed by atoms with Crippen LogP contribution in [0, 0.1) is 12.7 Å². The Morgan fingerprint density at radius 2 is 2.21 bits per heavy atom. The lowest BCUT2D eigenvalue weighted by atomic mass is 10.2. The highest BCUT2D eigenvalue weighted by Gasteiger charge is 2.10. The molecule has 0 fully saturated rings. The minimum absolute atomic E-state index is 0.293. The second-order valence-electron chi connectivity index (χ2n) is 3.17. The van der Waals surface area contributed by atoms with Crippen LogP contribution in [0.25, 0.3) is 0 Å². The molecule has 14 heavy (non-hydrogen) atoms. The van der Waals surface area contributed by atoms with E-state index in [1.165, 1.54) is 19.1 Å². The molecule has 1 atom stereocenters. The first-order chi connectivity index (χ1) is 6.50. The molecule has 1 unspecified atom stereocenters. The van der Waals surface area contributed by atoms with Crippen LogP contribution in [0.1, 0.15) is 12.5 Å². The van der Waals surface area contributed by atoms with Crippen LogP contribution in [0.2, 0.25) is 0 Å². The molecule has 1 rings (SSSR count). The maximum atomic E-state index is 12.9. The van der Waals surface area contributed by atoms with Crippen LogP contribution in [0.5, 0.6) is 0 Å². The second kappa shape index (κ2) is 4.09. The highest BCUT2D eigenvalue weighted by Crippen LogP contribution is 2.14. The van der Waals surface area contributed by atoms with Crippen LogP contribution in [0.4, 0.5) is 10.1 Å². The zero-order chi connectivity index (χ0) is 10.7. The Morgan fingerprint density at radius 3 is 2.71 bits per heavy atom. The molecule has 0 radical (unpaired) electrons. The molecular weight excluding hydrogens is 185 g/mol. The third kappa shape index (κ3) is 2.45. The van der Waals surface area contributed by atoms with Crippen molar-refractivity contribution < 1.29 is 14.3 Å². The molecule has 0 aliphatic rings. The summed E-state index contributed by atoms with van der Waals surface area (Å²) in [7, 11) is 0. The van der Waals surface area contributed by atoms with E-state index in [1.807, 2.05) is 0 Å². The Hall–Kier alpha value is -1.58. The molecule has 76 valence electrons. The Bertz CT molecular complexity index is 352. The van der Waals surface area contributed by atoms with E-state index in [-0.39, 0.29) is 5.82 Å². The van der Waals surface area contributed by atoms with E-state index in [2.05, 4.69) is 5.32 Å². The number of benzene rings is 1. The number of halogens is 1. The van der Waals surface area contributed by atoms with Gasteiger partial charge in [-0.3, -0.25) is 4.79 Å². The second-order valence-corrected chi connectivity index (χ2v) is 3.17. The first-order valence-electron chi connectivity index (χ1n) is 4.26. The van der Waals surface area contributed by atoms with Gasteiger partial charge in [-0.25, -0.2) is 4.39 Å². The van der Waals surface area contributed by atoms with Crippen LogP contribution >= 0.6 is 0 Å². The van der Waals surface area contributed by atoms with E-state index in [4.69, 9.17) is 5.11 Å². The van der Waals surface area contributed by atoms with Crippen molar-refractivity contribution in [3.63, 3.8) is 0 Å². The third-order valence-corrected chi connectivity index (χ3v) is 1.91. The number of aliphatic carboxylic acids is 1. The van der Waals surface area contributed by atoms with Crippen molar-refractivity contribution in [3.8, 4) is 0 Å². The van der Waals surface area contributed by atoms with Gasteiger partial charge in [-0.2, -0.15) is 0 Å². The van der Waals surface area contributed by atoms with E-state index < -0.39 is 12.0 Å². The summed E-state index contributed by atoms with van der Waals surface area (Å²) < 4.78 is 12.9. The van der Waals surface area contributed by atoms with Gasteiger partial charge in [-0.05, 0) is 37.6 Å². The number of anilines is 1. The molecule has 0 heterocycles. The summed E-state index contributed by atoms with van der Waals surface area (Å²) in [5.41, 5.74) is 1.10. The number of carbonyl (C=O) groups is 1. The third-order valence-electron chi connectivity index (χ3n) is 1.91. The molecular formula is C10H12FNO2. The molecule has 0 bridgehead atoms. The Labute approximate surface area is 81.6 Å². The largest absolute Gasteiger partial charge is 0.480 e. The molecule has 0 spiro atoms. The first-order valence-corrected chi connectivity index (χ1v) is 4.26. The van der Waals surface area contributed by atoms with E-state index in [1.54, 1.807) is 13.0 Å². The quantitative estimate of drug-likeness (QED) is 0.779. The zero-order valence-electron chi connectivity index (χ0n) is 8.04. The number of carboxylic acid groups (broad SMARTS) is 1. The van der Waals surface area contributed by atoms with Crippen LogP contribution in [0.15, 0.2) is 18.2 Å². The van der Waals surface area contributed by atoms with Crippen LogP contribution in [0.3, 0.4) is 0 Å². The molecule has 3 nitrogen and oxygen atoms in total. The van der Waals surface area contributed by atoms with Crippen LogP contribution in [-0.4, -0.2) is 17.1 Å². The molecule has 4 heteroatoms. The van der Waals surface area contributed by atoms with E-state index >= 15 is 0 Å². The highest BCUT2D eigenvalue weighted by molar-refractivity contribution is 5.76. The zero-order valence-corrected chi connectivity index (χ0v) is 8.04. The number of hydrogen-bond acceptors (Lipinski definition) is 2. The first kappa shape index (κ1) is 10.5. The van der Waals surface area contributed by atoms with Gasteiger partial charge >= 0.3 is 5.97 Å². The minimum Gasteiger partial charge on any atom is -0.480 e. The molecule has 0 amide bonds. The lowest BCUT2D eigenvalue weighted by Crippen LogP contribution is -2.25. The molecule has 0 saturated heterocycles. The highest BCUT2D eigenvalue weighted by atomic mass is 19.1. The maximum absolute atomic E-state index is 12.9. The molecule has 0 saturated carbocycles. The monoisotopic (exact) mass is 197 g/mol. The molecule has 1 aromatic carbocycles. The summed E-state index contributed by atoms with van der Waals surface area (Å²) in [5.74, 6) is -1.23. The van der Waals surface area contributed by atoms with Gasteiger partial charge in [0.1, 0.15) is 11.9 Å². The Morgan fingerprint density at radius 1 is 1.57 bits per heavy atom. The standard InChI is InChI=1S/C10H12FNO2/c1-6-5-8(3-4-9(6)11)12-7(2)10(13)14/h3-5,7,12H,1-2H3,(H,13,14). The van der Waals surface area contributed by atoms with Gasteiger partial charge in [-0.1, -0.05) is 0 Å². The van der Waals surface area contributed by atoms with Gasteiger partial charge < -0.3 is 10.4 Å². The van der Waals surface area contributed by atoms with Crippen molar-refractivity contribution in [2.75, 3.05) is 5.32 Å². The number of rotatable bonds is 3. The summed E-state index contributed by atoms with van der Waals surface area (Å²) in [6.45, 7) is 3.16. The maximum Gasteiger partial charge on any atom is 0.325 e. The van der Waals surface area contributed by atoms with Gasteiger partial charge in [-0.15, -0.1) is 0 Å². The summed E-state index contributed by atoms with van der Waals surface area (Å²) in [5, 5.41) is 11.4. The lowest BCUT2D eigenvalue weighted by Gasteiger charge is -2.11. The van der Waals surface area contributed by atoms with Gasteiger partial charge in [0.15, 0.2) is 0 Å².